The number of benzene rings is 2. The van der Waals surface area contributed by atoms with Crippen LogP contribution in [0.3, 0.4) is 0 Å². The standard InChI is InChI=1S/C24H27FN4O3/c1-3-32-23(31)20-21(17-6-4-16(2)5-7-17)26-24(27-22(20)30)29-14-12-28(13-15-29)19-10-8-18(25)9-11-19/h4-11,20-21H,3,12-15H2,1-2H3,(H,26,27,30)/t20-,21+/m0/s1. The fourth-order valence-electron chi connectivity index (χ4n) is 4.06. The first-order chi connectivity index (χ1) is 15.5. The second-order valence-corrected chi connectivity index (χ2v) is 7.98. The van der Waals surface area contributed by atoms with Crippen LogP contribution < -0.4 is 10.2 Å². The molecule has 168 valence electrons. The van der Waals surface area contributed by atoms with Gasteiger partial charge in [-0.3, -0.25) is 14.9 Å². The van der Waals surface area contributed by atoms with Gasteiger partial charge in [0.2, 0.25) is 11.9 Å². The van der Waals surface area contributed by atoms with Gasteiger partial charge in [-0.25, -0.2) is 9.38 Å². The molecule has 0 saturated carbocycles. The van der Waals surface area contributed by atoms with Crippen molar-refractivity contribution in [3.63, 3.8) is 0 Å². The number of carbonyl (C=O) groups excluding carboxylic acids is 2. The van der Waals surface area contributed by atoms with E-state index in [4.69, 9.17) is 9.73 Å². The number of aliphatic imine (C=N–C) groups is 1. The van der Waals surface area contributed by atoms with E-state index < -0.39 is 23.8 Å². The number of rotatable bonds is 4. The van der Waals surface area contributed by atoms with Crippen molar-refractivity contribution in [3.8, 4) is 0 Å². The Bertz CT molecular complexity index is 999. The van der Waals surface area contributed by atoms with Crippen LogP contribution in [0.1, 0.15) is 24.1 Å². The number of nitrogens with zero attached hydrogens (tertiary/aromatic N) is 3. The number of nitrogens with one attached hydrogen (secondary N) is 1. The summed E-state index contributed by atoms with van der Waals surface area (Å²) in [4.78, 5) is 34.5. The lowest BCUT2D eigenvalue weighted by molar-refractivity contribution is -0.153. The lowest BCUT2D eigenvalue weighted by Gasteiger charge is -2.39. The minimum Gasteiger partial charge on any atom is -0.465 e. The molecule has 4 rings (SSSR count). The van der Waals surface area contributed by atoms with E-state index in [0.29, 0.717) is 32.1 Å². The Balaban J connectivity index is 1.55. The lowest BCUT2D eigenvalue weighted by atomic mass is 9.91. The van der Waals surface area contributed by atoms with E-state index >= 15 is 0 Å². The van der Waals surface area contributed by atoms with E-state index in [1.165, 1.54) is 12.1 Å². The first-order valence-corrected chi connectivity index (χ1v) is 10.8. The predicted octanol–water partition coefficient (Wildman–Crippen LogP) is 2.66. The van der Waals surface area contributed by atoms with Crippen molar-refractivity contribution >= 4 is 23.5 Å². The zero-order chi connectivity index (χ0) is 22.7. The van der Waals surface area contributed by atoms with Crippen LogP contribution in [0.25, 0.3) is 0 Å². The van der Waals surface area contributed by atoms with Crippen molar-refractivity contribution in [2.45, 2.75) is 19.9 Å². The molecule has 2 aliphatic heterocycles. The molecular formula is C24H27FN4O3. The maximum absolute atomic E-state index is 13.2. The van der Waals surface area contributed by atoms with Crippen LogP contribution >= 0.6 is 0 Å². The van der Waals surface area contributed by atoms with Gasteiger partial charge in [-0.05, 0) is 43.7 Å². The van der Waals surface area contributed by atoms with Crippen molar-refractivity contribution in [1.29, 1.82) is 0 Å². The summed E-state index contributed by atoms with van der Waals surface area (Å²) in [5.74, 6) is -1.79. The summed E-state index contributed by atoms with van der Waals surface area (Å²) in [6, 6.07) is 13.5. The number of hydrogen-bond acceptors (Lipinski definition) is 6. The van der Waals surface area contributed by atoms with Crippen molar-refractivity contribution in [2.75, 3.05) is 37.7 Å². The van der Waals surface area contributed by atoms with Gasteiger partial charge in [-0.15, -0.1) is 0 Å². The molecule has 2 atom stereocenters. The molecule has 0 aromatic heterocycles. The second kappa shape index (κ2) is 9.38. The second-order valence-electron chi connectivity index (χ2n) is 7.98. The normalized spacial score (nSPS) is 21.1. The Labute approximate surface area is 186 Å². The van der Waals surface area contributed by atoms with Gasteiger partial charge in [0, 0.05) is 31.9 Å². The van der Waals surface area contributed by atoms with Gasteiger partial charge in [0.1, 0.15) is 11.9 Å². The quantitative estimate of drug-likeness (QED) is 0.587. The number of carbonyl (C=O) groups is 2. The van der Waals surface area contributed by atoms with Gasteiger partial charge in [0.25, 0.3) is 0 Å². The molecule has 2 heterocycles. The molecule has 0 unspecified atom stereocenters. The number of halogens is 1. The number of amides is 1. The minimum atomic E-state index is -1.03. The van der Waals surface area contributed by atoms with E-state index in [9.17, 15) is 14.0 Å². The third-order valence-electron chi connectivity index (χ3n) is 5.82. The zero-order valence-corrected chi connectivity index (χ0v) is 18.3. The van der Waals surface area contributed by atoms with Crippen LogP contribution in [-0.2, 0) is 14.3 Å². The highest BCUT2D eigenvalue weighted by Gasteiger charge is 2.42. The third-order valence-corrected chi connectivity index (χ3v) is 5.82. The summed E-state index contributed by atoms with van der Waals surface area (Å²) in [6.45, 7) is 6.59. The molecule has 1 fully saturated rings. The van der Waals surface area contributed by atoms with Crippen LogP contribution in [0.2, 0.25) is 0 Å². The smallest absolute Gasteiger partial charge is 0.321 e. The van der Waals surface area contributed by atoms with E-state index in [2.05, 4.69) is 10.2 Å². The molecule has 2 aromatic carbocycles. The highest BCUT2D eigenvalue weighted by Crippen LogP contribution is 2.31. The molecule has 0 bridgehead atoms. The Morgan fingerprint density at radius 1 is 1.06 bits per heavy atom. The summed E-state index contributed by atoms with van der Waals surface area (Å²) in [7, 11) is 0. The average molecular weight is 439 g/mol. The number of ether oxygens (including phenoxy) is 1. The maximum atomic E-state index is 13.2. The van der Waals surface area contributed by atoms with Gasteiger partial charge in [-0.2, -0.15) is 0 Å². The SMILES string of the molecule is CCOC(=O)[C@@H]1C(=O)NC(N2CCN(c3ccc(F)cc3)CC2)=N[C@@H]1c1ccc(C)cc1. The molecule has 0 radical (unpaired) electrons. The fourth-order valence-corrected chi connectivity index (χ4v) is 4.06. The number of esters is 1. The number of anilines is 1. The monoisotopic (exact) mass is 438 g/mol. The molecule has 1 N–H and O–H groups in total. The van der Waals surface area contributed by atoms with Crippen molar-refractivity contribution in [2.24, 2.45) is 10.9 Å². The molecule has 8 heteroatoms. The van der Waals surface area contributed by atoms with Gasteiger partial charge in [-0.1, -0.05) is 29.8 Å². The predicted molar refractivity (Wildman–Crippen MR) is 120 cm³/mol. The number of guanidine groups is 1. The van der Waals surface area contributed by atoms with Crippen molar-refractivity contribution < 1.29 is 18.7 Å². The number of aryl methyl sites for hydroxylation is 1. The third kappa shape index (κ3) is 4.59. The summed E-state index contributed by atoms with van der Waals surface area (Å²) in [6.07, 6.45) is 0. The summed E-state index contributed by atoms with van der Waals surface area (Å²) < 4.78 is 18.4. The van der Waals surface area contributed by atoms with E-state index in [1.807, 2.05) is 36.1 Å². The molecule has 7 nitrogen and oxygen atoms in total. The minimum absolute atomic E-state index is 0.200. The first kappa shape index (κ1) is 21.8. The highest BCUT2D eigenvalue weighted by atomic mass is 19.1. The van der Waals surface area contributed by atoms with Gasteiger partial charge in [0.05, 0.1) is 6.61 Å². The molecule has 0 aliphatic carbocycles. The lowest BCUT2D eigenvalue weighted by Crippen LogP contribution is -2.57. The van der Waals surface area contributed by atoms with Crippen LogP contribution in [0.4, 0.5) is 10.1 Å². The van der Waals surface area contributed by atoms with Gasteiger partial charge in [0.15, 0.2) is 5.92 Å². The highest BCUT2D eigenvalue weighted by molar-refractivity contribution is 6.08. The maximum Gasteiger partial charge on any atom is 0.321 e. The molecule has 0 spiro atoms. The zero-order valence-electron chi connectivity index (χ0n) is 18.3. The van der Waals surface area contributed by atoms with E-state index in [-0.39, 0.29) is 12.4 Å². The van der Waals surface area contributed by atoms with Crippen LogP contribution in [0, 0.1) is 18.7 Å². The topological polar surface area (TPSA) is 74.2 Å². The van der Waals surface area contributed by atoms with E-state index in [1.54, 1.807) is 19.1 Å². The largest absolute Gasteiger partial charge is 0.465 e. The summed E-state index contributed by atoms with van der Waals surface area (Å²) in [5.41, 5.74) is 2.84. The van der Waals surface area contributed by atoms with Gasteiger partial charge < -0.3 is 14.5 Å². The molecule has 1 saturated heterocycles. The number of hydrogen-bond donors (Lipinski definition) is 1. The Hall–Kier alpha value is -3.42. The van der Waals surface area contributed by atoms with Crippen LogP contribution in [0.15, 0.2) is 53.5 Å². The Morgan fingerprint density at radius 3 is 2.31 bits per heavy atom. The summed E-state index contributed by atoms with van der Waals surface area (Å²) in [5, 5.41) is 2.82. The first-order valence-electron chi connectivity index (χ1n) is 10.8. The molecule has 2 aliphatic rings. The average Bonchev–Trinajstić information content (AvgIpc) is 2.80. The molecular weight excluding hydrogens is 411 g/mol. The Kier molecular flexibility index (Phi) is 6.39. The van der Waals surface area contributed by atoms with Crippen molar-refractivity contribution in [3.05, 3.63) is 65.5 Å². The van der Waals surface area contributed by atoms with Crippen molar-refractivity contribution in [1.82, 2.24) is 10.2 Å². The van der Waals surface area contributed by atoms with Crippen LogP contribution in [0.5, 0.6) is 0 Å². The number of piperazine rings is 1. The van der Waals surface area contributed by atoms with Crippen LogP contribution in [-0.4, -0.2) is 55.5 Å². The molecule has 2 aromatic rings. The Morgan fingerprint density at radius 2 is 1.69 bits per heavy atom. The fraction of sp³-hybridized carbons (Fsp3) is 0.375. The van der Waals surface area contributed by atoms with Gasteiger partial charge >= 0.3 is 5.97 Å². The molecule has 32 heavy (non-hydrogen) atoms. The molecule has 1 amide bonds. The van der Waals surface area contributed by atoms with E-state index in [0.717, 1.165) is 16.8 Å². The summed E-state index contributed by atoms with van der Waals surface area (Å²) >= 11 is 0.